The maximum Gasteiger partial charge on any atom is 0.264 e. The van der Waals surface area contributed by atoms with Crippen LogP contribution >= 0.6 is 23.2 Å². The van der Waals surface area contributed by atoms with Gasteiger partial charge < -0.3 is 24.4 Å². The summed E-state index contributed by atoms with van der Waals surface area (Å²) in [4.78, 5) is 30.1. The summed E-state index contributed by atoms with van der Waals surface area (Å²) in [5, 5.41) is 3.72. The number of halogens is 2. The highest BCUT2D eigenvalue weighted by Gasteiger charge is 2.35. The van der Waals surface area contributed by atoms with E-state index in [1.165, 1.54) is 37.3 Å². The number of hydrogen-bond donors (Lipinski definition) is 1. The molecule has 0 saturated heterocycles. The summed E-state index contributed by atoms with van der Waals surface area (Å²) in [6.07, 6.45) is 0.821. The molecule has 0 spiro atoms. The molecule has 0 heterocycles. The summed E-state index contributed by atoms with van der Waals surface area (Å²) in [6.45, 7) is 5.32. The van der Waals surface area contributed by atoms with Crippen molar-refractivity contribution in [1.29, 1.82) is 0 Å². The maximum absolute atomic E-state index is 14.8. The zero-order valence-corrected chi connectivity index (χ0v) is 31.6. The molecular formula is C38H43Cl2N3O7S. The van der Waals surface area contributed by atoms with Gasteiger partial charge in [0.25, 0.3) is 10.0 Å². The Labute approximate surface area is 310 Å². The van der Waals surface area contributed by atoms with Crippen LogP contribution in [0.5, 0.6) is 17.2 Å². The maximum atomic E-state index is 14.8. The normalized spacial score (nSPS) is 12.4. The number of hydrogen-bond acceptors (Lipinski definition) is 7. The van der Waals surface area contributed by atoms with E-state index in [9.17, 15) is 18.0 Å². The largest absolute Gasteiger partial charge is 0.494 e. The molecule has 2 atom stereocenters. The van der Waals surface area contributed by atoms with Gasteiger partial charge >= 0.3 is 0 Å². The van der Waals surface area contributed by atoms with Crippen molar-refractivity contribution < 1.29 is 32.2 Å². The Morgan fingerprint density at radius 3 is 2.16 bits per heavy atom. The lowest BCUT2D eigenvalue weighted by Gasteiger charge is -2.34. The number of benzene rings is 4. The molecule has 51 heavy (non-hydrogen) atoms. The molecule has 4 rings (SSSR count). The van der Waals surface area contributed by atoms with Gasteiger partial charge in [-0.3, -0.25) is 13.9 Å². The fourth-order valence-corrected chi connectivity index (χ4v) is 7.24. The first-order valence-corrected chi connectivity index (χ1v) is 18.7. The zero-order valence-electron chi connectivity index (χ0n) is 29.3. The van der Waals surface area contributed by atoms with E-state index >= 15 is 0 Å². The minimum atomic E-state index is -4.41. The molecule has 272 valence electrons. The Kier molecular flexibility index (Phi) is 14.0. The Hall–Kier alpha value is -4.45. The highest BCUT2D eigenvalue weighted by Crippen LogP contribution is 2.33. The van der Waals surface area contributed by atoms with Crippen LogP contribution in [0.3, 0.4) is 0 Å². The van der Waals surface area contributed by atoms with E-state index in [4.69, 9.17) is 37.4 Å². The van der Waals surface area contributed by atoms with Gasteiger partial charge in [-0.05, 0) is 79.9 Å². The molecule has 1 N–H and O–H groups in total. The second-order valence-corrected chi connectivity index (χ2v) is 14.4. The van der Waals surface area contributed by atoms with Crippen molar-refractivity contribution in [2.24, 2.45) is 0 Å². The zero-order chi connectivity index (χ0) is 37.1. The van der Waals surface area contributed by atoms with E-state index in [1.54, 1.807) is 42.5 Å². The van der Waals surface area contributed by atoms with Crippen molar-refractivity contribution >= 4 is 50.7 Å². The number of carbonyl (C=O) groups excluding carboxylic acids is 2. The van der Waals surface area contributed by atoms with Crippen molar-refractivity contribution in [1.82, 2.24) is 10.2 Å². The molecule has 0 fully saturated rings. The lowest BCUT2D eigenvalue weighted by atomic mass is 10.0. The van der Waals surface area contributed by atoms with Gasteiger partial charge in [-0.2, -0.15) is 0 Å². The SMILES string of the molecule is CCOc1ccc(N(CC(=O)N(Cc2ccc(Cl)cc2Cl)[C@@H](Cc2ccccc2)C(=O)N[C@@H](C)CC)S(=O)(=O)c2ccc(OC)c(OC)c2)cc1. The summed E-state index contributed by atoms with van der Waals surface area (Å²) in [5.74, 6) is 0.0308. The number of sulfonamides is 1. The molecule has 0 aromatic heterocycles. The minimum Gasteiger partial charge on any atom is -0.494 e. The molecule has 0 unspecified atom stereocenters. The molecule has 0 bridgehead atoms. The third-order valence-corrected chi connectivity index (χ3v) is 10.6. The number of carbonyl (C=O) groups is 2. The van der Waals surface area contributed by atoms with Crippen molar-refractivity contribution in [2.75, 3.05) is 31.7 Å². The van der Waals surface area contributed by atoms with Gasteiger partial charge in [-0.15, -0.1) is 0 Å². The summed E-state index contributed by atoms with van der Waals surface area (Å²) in [6, 6.07) is 23.6. The van der Waals surface area contributed by atoms with Crippen LogP contribution < -0.4 is 23.8 Å². The van der Waals surface area contributed by atoms with Crippen LogP contribution in [0.15, 0.2) is 95.9 Å². The Bertz CT molecular complexity index is 1890. The quantitative estimate of drug-likeness (QED) is 0.122. The standard InChI is InChI=1S/C38H43Cl2N3O7S/c1-6-26(3)41-38(45)34(21-27-11-9-8-10-12-27)42(24-28-13-14-29(39)22-33(28)40)37(44)25-43(30-15-17-31(18-16-30)50-7-2)51(46,47)32-19-20-35(48-4)36(23-32)49-5/h8-20,22-23,26,34H,6-7,21,24-25H2,1-5H3,(H,41,45)/t26-,34-/m0/s1. The van der Waals surface area contributed by atoms with Crippen molar-refractivity contribution in [3.63, 3.8) is 0 Å². The highest BCUT2D eigenvalue weighted by atomic mass is 35.5. The first-order valence-electron chi connectivity index (χ1n) is 16.5. The molecular weight excluding hydrogens is 713 g/mol. The summed E-state index contributed by atoms with van der Waals surface area (Å²) in [7, 11) is -1.57. The van der Waals surface area contributed by atoms with E-state index in [2.05, 4.69) is 5.32 Å². The number of methoxy groups -OCH3 is 2. The van der Waals surface area contributed by atoms with E-state index < -0.39 is 28.5 Å². The number of ether oxygens (including phenoxy) is 3. The predicted molar refractivity (Wildman–Crippen MR) is 201 cm³/mol. The lowest BCUT2D eigenvalue weighted by molar-refractivity contribution is -0.140. The van der Waals surface area contributed by atoms with E-state index in [0.717, 1.165) is 9.87 Å². The highest BCUT2D eigenvalue weighted by molar-refractivity contribution is 7.92. The van der Waals surface area contributed by atoms with Crippen LogP contribution in [-0.2, 0) is 32.6 Å². The third kappa shape index (κ3) is 10.1. The van der Waals surface area contributed by atoms with Crippen molar-refractivity contribution in [3.8, 4) is 17.2 Å². The lowest BCUT2D eigenvalue weighted by Crippen LogP contribution is -2.54. The number of nitrogens with zero attached hydrogens (tertiary/aromatic N) is 2. The third-order valence-electron chi connectivity index (χ3n) is 8.29. The summed E-state index contributed by atoms with van der Waals surface area (Å²) < 4.78 is 46.3. The fraction of sp³-hybridized carbons (Fsp3) is 0.316. The van der Waals surface area contributed by atoms with Gasteiger partial charge in [0.05, 0.1) is 31.4 Å². The first kappa shape index (κ1) is 39.3. The molecule has 13 heteroatoms. The van der Waals surface area contributed by atoms with Crippen molar-refractivity contribution in [3.05, 3.63) is 112 Å². The van der Waals surface area contributed by atoms with Crippen LogP contribution in [0, 0.1) is 0 Å². The molecule has 0 radical (unpaired) electrons. The molecule has 0 aliphatic heterocycles. The molecule has 2 amide bonds. The first-order chi connectivity index (χ1) is 24.4. The van der Waals surface area contributed by atoms with Gasteiger partial charge in [0.1, 0.15) is 18.3 Å². The minimum absolute atomic E-state index is 0.103. The number of nitrogens with one attached hydrogen (secondary N) is 1. The number of anilines is 1. The number of rotatable bonds is 17. The summed E-state index contributed by atoms with van der Waals surface area (Å²) >= 11 is 12.8. The van der Waals surface area contributed by atoms with Crippen LogP contribution in [0.1, 0.15) is 38.3 Å². The molecule has 4 aromatic rings. The molecule has 10 nitrogen and oxygen atoms in total. The predicted octanol–water partition coefficient (Wildman–Crippen LogP) is 7.16. The van der Waals surface area contributed by atoms with Gasteiger partial charge in [0.15, 0.2) is 11.5 Å². The monoisotopic (exact) mass is 755 g/mol. The molecule has 4 aromatic carbocycles. The van der Waals surface area contributed by atoms with E-state index in [1.807, 2.05) is 51.1 Å². The number of amides is 2. The molecule has 0 aliphatic rings. The average molecular weight is 757 g/mol. The van der Waals surface area contributed by atoms with Gasteiger partial charge in [0.2, 0.25) is 11.8 Å². The second kappa shape index (κ2) is 18.2. The van der Waals surface area contributed by atoms with Crippen LogP contribution in [-0.4, -0.2) is 64.6 Å². The van der Waals surface area contributed by atoms with Gasteiger partial charge in [-0.1, -0.05) is 66.5 Å². The van der Waals surface area contributed by atoms with Crippen molar-refractivity contribution in [2.45, 2.75) is 57.1 Å². The molecule has 0 saturated carbocycles. The molecule has 0 aliphatic carbocycles. The summed E-state index contributed by atoms with van der Waals surface area (Å²) in [5.41, 5.74) is 1.54. The van der Waals surface area contributed by atoms with E-state index in [-0.39, 0.29) is 41.2 Å². The Morgan fingerprint density at radius 2 is 1.55 bits per heavy atom. The van der Waals surface area contributed by atoms with Crippen LogP contribution in [0.4, 0.5) is 5.69 Å². The van der Waals surface area contributed by atoms with Gasteiger partial charge in [0, 0.05) is 35.1 Å². The average Bonchev–Trinajstić information content (AvgIpc) is 3.13. The fourth-order valence-electron chi connectivity index (χ4n) is 5.34. The van der Waals surface area contributed by atoms with Crippen LogP contribution in [0.2, 0.25) is 10.0 Å². The smallest absolute Gasteiger partial charge is 0.264 e. The Balaban J connectivity index is 1.86. The second-order valence-electron chi connectivity index (χ2n) is 11.7. The van der Waals surface area contributed by atoms with Gasteiger partial charge in [-0.25, -0.2) is 8.42 Å². The Morgan fingerprint density at radius 1 is 0.863 bits per heavy atom. The topological polar surface area (TPSA) is 114 Å². The van der Waals surface area contributed by atoms with Crippen LogP contribution in [0.25, 0.3) is 0 Å². The van der Waals surface area contributed by atoms with E-state index in [0.29, 0.717) is 40.1 Å².